The van der Waals surface area contributed by atoms with Gasteiger partial charge in [-0.3, -0.25) is 0 Å². The van der Waals surface area contributed by atoms with Crippen molar-refractivity contribution in [3.8, 4) is 0 Å². The molecule has 3 aromatic rings. The van der Waals surface area contributed by atoms with Crippen molar-refractivity contribution in [1.29, 1.82) is 0 Å². The standard InChI is InChI=1S/C37H42N2/c1-9-17-28-26(2)22-24-30-34(28)36(3,4)32(38(30)7)20-13-11-10-12-14-21-33-37(5,6)35-29-19-16-15-18-27(29)23-25-31(35)39(33)8/h9-25,32H,1-8H3. The average molecular weight is 515 g/mol. The van der Waals surface area contributed by atoms with Gasteiger partial charge in [-0.25, -0.2) is 0 Å². The summed E-state index contributed by atoms with van der Waals surface area (Å²) in [5.74, 6) is 0. The lowest BCUT2D eigenvalue weighted by molar-refractivity contribution is 0.487. The van der Waals surface area contributed by atoms with Crippen LogP contribution in [-0.2, 0) is 10.8 Å². The highest BCUT2D eigenvalue weighted by Crippen LogP contribution is 2.50. The van der Waals surface area contributed by atoms with E-state index < -0.39 is 0 Å². The molecule has 0 radical (unpaired) electrons. The predicted molar refractivity (Wildman–Crippen MR) is 172 cm³/mol. The van der Waals surface area contributed by atoms with Crippen molar-refractivity contribution < 1.29 is 0 Å². The Morgan fingerprint density at radius 2 is 1.46 bits per heavy atom. The van der Waals surface area contributed by atoms with E-state index in [9.17, 15) is 0 Å². The first-order valence-electron chi connectivity index (χ1n) is 14.1. The summed E-state index contributed by atoms with van der Waals surface area (Å²) in [6, 6.07) is 18.0. The zero-order valence-corrected chi connectivity index (χ0v) is 24.8. The Morgan fingerprint density at radius 1 is 0.769 bits per heavy atom. The fraction of sp³-hybridized carbons (Fsp3) is 0.297. The lowest BCUT2D eigenvalue weighted by Gasteiger charge is -2.30. The van der Waals surface area contributed by atoms with Crippen LogP contribution in [0.4, 0.5) is 11.4 Å². The van der Waals surface area contributed by atoms with Gasteiger partial charge < -0.3 is 9.80 Å². The second kappa shape index (κ2) is 10.1. The van der Waals surface area contributed by atoms with E-state index in [0.29, 0.717) is 6.04 Å². The summed E-state index contributed by atoms with van der Waals surface area (Å²) < 4.78 is 0. The van der Waals surface area contributed by atoms with Crippen molar-refractivity contribution in [3.05, 3.63) is 125 Å². The van der Waals surface area contributed by atoms with Crippen molar-refractivity contribution >= 4 is 28.2 Å². The third-order valence-corrected chi connectivity index (χ3v) is 8.84. The van der Waals surface area contributed by atoms with E-state index in [1.807, 2.05) is 0 Å². The molecule has 0 fully saturated rings. The van der Waals surface area contributed by atoms with Crippen molar-refractivity contribution in [2.45, 2.75) is 58.4 Å². The molecule has 0 N–H and O–H groups in total. The number of hydrogen-bond donors (Lipinski definition) is 0. The number of aryl methyl sites for hydroxylation is 1. The van der Waals surface area contributed by atoms with E-state index in [0.717, 1.165) is 0 Å². The third kappa shape index (κ3) is 4.36. The summed E-state index contributed by atoms with van der Waals surface area (Å²) in [6.45, 7) is 13.7. The molecule has 2 aliphatic rings. The molecule has 2 nitrogen and oxygen atoms in total. The number of nitrogens with zero attached hydrogens (tertiary/aromatic N) is 2. The molecule has 1 unspecified atom stereocenters. The van der Waals surface area contributed by atoms with Crippen molar-refractivity contribution in [3.63, 3.8) is 0 Å². The Morgan fingerprint density at radius 3 is 2.23 bits per heavy atom. The quantitative estimate of drug-likeness (QED) is 0.313. The number of anilines is 2. The van der Waals surface area contributed by atoms with Crippen LogP contribution in [0.15, 0.2) is 103 Å². The van der Waals surface area contributed by atoms with Crippen molar-refractivity contribution in [1.82, 2.24) is 0 Å². The molecule has 3 aromatic carbocycles. The summed E-state index contributed by atoms with van der Waals surface area (Å²) in [5.41, 5.74) is 9.48. The first-order valence-corrected chi connectivity index (χ1v) is 14.1. The normalized spacial score (nSPS) is 21.0. The Labute approximate surface area is 235 Å². The van der Waals surface area contributed by atoms with E-state index in [2.05, 4.69) is 169 Å². The van der Waals surface area contributed by atoms with Gasteiger partial charge in [-0.1, -0.05) is 113 Å². The minimum absolute atomic E-state index is 0.0212. The summed E-state index contributed by atoms with van der Waals surface area (Å²) in [5, 5.41) is 2.65. The van der Waals surface area contributed by atoms with Gasteiger partial charge >= 0.3 is 0 Å². The molecule has 0 bridgehead atoms. The molecule has 0 saturated carbocycles. The van der Waals surface area contributed by atoms with E-state index in [4.69, 9.17) is 0 Å². The maximum absolute atomic E-state index is 2.42. The molecule has 0 saturated heterocycles. The van der Waals surface area contributed by atoms with Crippen LogP contribution in [0, 0.1) is 6.92 Å². The number of benzene rings is 3. The van der Waals surface area contributed by atoms with Gasteiger partial charge in [0.2, 0.25) is 0 Å². The second-order valence-electron chi connectivity index (χ2n) is 12.0. The first kappa shape index (κ1) is 26.8. The largest absolute Gasteiger partial charge is 0.367 e. The number of likely N-dealkylation sites (N-methyl/N-ethyl adjacent to an activating group) is 2. The number of hydrogen-bond acceptors (Lipinski definition) is 2. The van der Waals surface area contributed by atoms with Crippen LogP contribution in [0.25, 0.3) is 16.8 Å². The van der Waals surface area contributed by atoms with E-state index in [1.54, 1.807) is 0 Å². The Kier molecular flexibility index (Phi) is 6.93. The van der Waals surface area contributed by atoms with E-state index in [1.165, 1.54) is 50.1 Å². The van der Waals surface area contributed by atoms with Crippen molar-refractivity contribution in [2.24, 2.45) is 0 Å². The number of allylic oxidation sites excluding steroid dienone is 8. The number of rotatable bonds is 5. The molecule has 200 valence electrons. The van der Waals surface area contributed by atoms with Gasteiger partial charge in [0.05, 0.1) is 6.04 Å². The second-order valence-corrected chi connectivity index (χ2v) is 12.0. The van der Waals surface area contributed by atoms with Gasteiger partial charge in [0.1, 0.15) is 0 Å². The van der Waals surface area contributed by atoms with Gasteiger partial charge in [0, 0.05) is 42.0 Å². The van der Waals surface area contributed by atoms with Crippen LogP contribution >= 0.6 is 0 Å². The molecule has 2 aliphatic heterocycles. The molecule has 2 heteroatoms. The minimum atomic E-state index is -0.0588. The first-order chi connectivity index (χ1) is 18.6. The fourth-order valence-electron chi connectivity index (χ4n) is 6.92. The maximum atomic E-state index is 2.42. The summed E-state index contributed by atoms with van der Waals surface area (Å²) in [4.78, 5) is 4.76. The monoisotopic (exact) mass is 514 g/mol. The molecule has 1 atom stereocenters. The highest BCUT2D eigenvalue weighted by Gasteiger charge is 2.43. The topological polar surface area (TPSA) is 6.48 Å². The van der Waals surface area contributed by atoms with Gasteiger partial charge in [0.15, 0.2) is 0 Å². The predicted octanol–water partition coefficient (Wildman–Crippen LogP) is 9.26. The Bertz CT molecular complexity index is 1560. The molecular formula is C37H42N2. The molecular weight excluding hydrogens is 472 g/mol. The van der Waals surface area contributed by atoms with Crippen LogP contribution in [-0.4, -0.2) is 20.1 Å². The fourth-order valence-corrected chi connectivity index (χ4v) is 6.92. The smallest absolute Gasteiger partial charge is 0.0565 e. The third-order valence-electron chi connectivity index (χ3n) is 8.84. The van der Waals surface area contributed by atoms with E-state index >= 15 is 0 Å². The lowest BCUT2D eigenvalue weighted by Crippen LogP contribution is -2.37. The zero-order chi connectivity index (χ0) is 27.9. The highest BCUT2D eigenvalue weighted by atomic mass is 15.2. The van der Waals surface area contributed by atoms with Gasteiger partial charge in [-0.05, 0) is 65.1 Å². The molecule has 0 spiro atoms. The highest BCUT2D eigenvalue weighted by molar-refractivity contribution is 5.94. The molecule has 39 heavy (non-hydrogen) atoms. The molecule has 0 aliphatic carbocycles. The van der Waals surface area contributed by atoms with Gasteiger partial charge in [-0.15, -0.1) is 0 Å². The van der Waals surface area contributed by atoms with Crippen LogP contribution in [0.3, 0.4) is 0 Å². The molecule has 0 amide bonds. The summed E-state index contributed by atoms with van der Waals surface area (Å²) in [6.07, 6.45) is 19.8. The Balaban J connectivity index is 1.33. The van der Waals surface area contributed by atoms with Crippen LogP contribution in [0.1, 0.15) is 56.9 Å². The van der Waals surface area contributed by atoms with Crippen LogP contribution in [0.2, 0.25) is 0 Å². The molecule has 0 aromatic heterocycles. The van der Waals surface area contributed by atoms with Gasteiger partial charge in [-0.2, -0.15) is 0 Å². The average Bonchev–Trinajstić information content (AvgIpc) is 3.22. The van der Waals surface area contributed by atoms with Crippen LogP contribution in [0.5, 0.6) is 0 Å². The van der Waals surface area contributed by atoms with E-state index in [-0.39, 0.29) is 10.8 Å². The lowest BCUT2D eigenvalue weighted by atomic mass is 9.77. The molecule has 2 heterocycles. The SMILES string of the molecule is CC=Cc1c(C)ccc2c1C(C)(C)C(C=CC=CC=CC=C1N(C)c3ccc4ccccc4c3C1(C)C)N2C. The Hall–Kier alpha value is -3.78. The van der Waals surface area contributed by atoms with Crippen molar-refractivity contribution in [2.75, 3.05) is 23.9 Å². The van der Waals surface area contributed by atoms with Crippen LogP contribution < -0.4 is 9.80 Å². The summed E-state index contributed by atoms with van der Waals surface area (Å²) in [7, 11) is 4.40. The zero-order valence-electron chi connectivity index (χ0n) is 24.8. The molecule has 5 rings (SSSR count). The van der Waals surface area contributed by atoms with Gasteiger partial charge in [0.25, 0.3) is 0 Å². The summed E-state index contributed by atoms with van der Waals surface area (Å²) >= 11 is 0. The maximum Gasteiger partial charge on any atom is 0.0565 e. The number of fused-ring (bicyclic) bond motifs is 4. The minimum Gasteiger partial charge on any atom is -0.367 e.